The summed E-state index contributed by atoms with van der Waals surface area (Å²) >= 11 is 0. The summed E-state index contributed by atoms with van der Waals surface area (Å²) in [5.74, 6) is 0.236. The molecule has 0 saturated heterocycles. The van der Waals surface area contributed by atoms with Crippen LogP contribution in [0, 0.1) is 5.92 Å². The minimum absolute atomic E-state index is 0.320. The Labute approximate surface area is 85.9 Å². The van der Waals surface area contributed by atoms with E-state index < -0.39 is 5.97 Å². The number of unbranched alkanes of at least 4 members (excludes halogenated alkanes) is 2. The average molecular weight is 199 g/mol. The number of nitrogens with one attached hydrogen (secondary N) is 1. The van der Waals surface area contributed by atoms with Gasteiger partial charge in [0, 0.05) is 12.5 Å². The first kappa shape index (κ1) is 11.5. The van der Waals surface area contributed by atoms with E-state index in [2.05, 4.69) is 12.2 Å². The Morgan fingerprint density at radius 3 is 2.79 bits per heavy atom. The molecule has 2 atom stereocenters. The molecule has 14 heavy (non-hydrogen) atoms. The molecule has 2 unspecified atom stereocenters. The van der Waals surface area contributed by atoms with Crippen molar-refractivity contribution >= 4 is 5.97 Å². The van der Waals surface area contributed by atoms with E-state index in [0.717, 1.165) is 37.8 Å². The van der Waals surface area contributed by atoms with E-state index >= 15 is 0 Å². The summed E-state index contributed by atoms with van der Waals surface area (Å²) in [6, 6.07) is 0.763. The largest absolute Gasteiger partial charge is 0.481 e. The summed E-state index contributed by atoms with van der Waals surface area (Å²) in [7, 11) is 0. The summed E-state index contributed by atoms with van der Waals surface area (Å²) < 4.78 is 0. The quantitative estimate of drug-likeness (QED) is 0.588. The van der Waals surface area contributed by atoms with Crippen LogP contribution in [0.25, 0.3) is 0 Å². The number of carboxylic acids is 1. The average Bonchev–Trinajstić information content (AvgIpc) is 2.89. The van der Waals surface area contributed by atoms with E-state index in [9.17, 15) is 4.79 Å². The molecular formula is C11H21NO2. The minimum Gasteiger partial charge on any atom is -0.481 e. The van der Waals surface area contributed by atoms with Crippen molar-refractivity contribution in [2.75, 3.05) is 6.54 Å². The Kier molecular flexibility index (Phi) is 4.94. The van der Waals surface area contributed by atoms with Crippen molar-refractivity contribution in [2.45, 2.75) is 51.5 Å². The van der Waals surface area contributed by atoms with Gasteiger partial charge in [0.1, 0.15) is 0 Å². The fraction of sp³-hybridized carbons (Fsp3) is 0.909. The van der Waals surface area contributed by atoms with Crippen molar-refractivity contribution in [1.29, 1.82) is 0 Å². The Hall–Kier alpha value is -0.570. The van der Waals surface area contributed by atoms with Gasteiger partial charge >= 0.3 is 5.97 Å². The summed E-state index contributed by atoms with van der Waals surface area (Å²) in [5.41, 5.74) is 0. The maximum absolute atomic E-state index is 10.2. The van der Waals surface area contributed by atoms with Crippen molar-refractivity contribution in [1.82, 2.24) is 5.32 Å². The van der Waals surface area contributed by atoms with Gasteiger partial charge in [-0.3, -0.25) is 4.79 Å². The van der Waals surface area contributed by atoms with Crippen LogP contribution in [0.2, 0.25) is 0 Å². The predicted molar refractivity (Wildman–Crippen MR) is 56.3 cm³/mol. The second-order valence-corrected chi connectivity index (χ2v) is 4.17. The standard InChI is InChI=1S/C11H21NO2/c1-2-9-8-10(9)12-7-5-3-4-6-11(13)14/h9-10,12H,2-8H2,1H3,(H,13,14). The Morgan fingerprint density at radius 1 is 1.43 bits per heavy atom. The maximum Gasteiger partial charge on any atom is 0.303 e. The molecule has 0 bridgehead atoms. The van der Waals surface area contributed by atoms with Crippen LogP contribution < -0.4 is 5.32 Å². The second-order valence-electron chi connectivity index (χ2n) is 4.17. The van der Waals surface area contributed by atoms with Crippen LogP contribution in [0.15, 0.2) is 0 Å². The van der Waals surface area contributed by atoms with Gasteiger partial charge in [-0.25, -0.2) is 0 Å². The molecular weight excluding hydrogens is 178 g/mol. The lowest BCUT2D eigenvalue weighted by Gasteiger charge is -2.02. The molecule has 0 radical (unpaired) electrons. The lowest BCUT2D eigenvalue weighted by molar-refractivity contribution is -0.137. The van der Waals surface area contributed by atoms with E-state index in [1.54, 1.807) is 0 Å². The van der Waals surface area contributed by atoms with Crippen LogP contribution in [0.4, 0.5) is 0 Å². The third-order valence-electron chi connectivity index (χ3n) is 2.92. The first-order valence-electron chi connectivity index (χ1n) is 5.69. The topological polar surface area (TPSA) is 49.3 Å². The van der Waals surface area contributed by atoms with Gasteiger partial charge < -0.3 is 10.4 Å². The number of hydrogen-bond acceptors (Lipinski definition) is 2. The molecule has 82 valence electrons. The highest BCUT2D eigenvalue weighted by molar-refractivity contribution is 5.66. The maximum atomic E-state index is 10.2. The van der Waals surface area contributed by atoms with Gasteiger partial charge in [-0.15, -0.1) is 0 Å². The van der Waals surface area contributed by atoms with E-state index in [1.807, 2.05) is 0 Å². The van der Waals surface area contributed by atoms with Gasteiger partial charge in [-0.05, 0) is 31.7 Å². The van der Waals surface area contributed by atoms with E-state index in [-0.39, 0.29) is 0 Å². The summed E-state index contributed by atoms with van der Waals surface area (Å²) in [6.07, 6.45) is 5.91. The number of carboxylic acid groups (broad SMARTS) is 1. The molecule has 0 amide bonds. The second kappa shape index (κ2) is 6.02. The van der Waals surface area contributed by atoms with Gasteiger partial charge in [0.2, 0.25) is 0 Å². The van der Waals surface area contributed by atoms with Gasteiger partial charge in [0.05, 0.1) is 0 Å². The molecule has 0 spiro atoms. The Bertz CT molecular complexity index is 182. The normalized spacial score (nSPS) is 24.9. The van der Waals surface area contributed by atoms with Crippen molar-refractivity contribution in [3.63, 3.8) is 0 Å². The monoisotopic (exact) mass is 199 g/mol. The fourth-order valence-electron chi connectivity index (χ4n) is 1.81. The summed E-state index contributed by atoms with van der Waals surface area (Å²) in [6.45, 7) is 3.29. The van der Waals surface area contributed by atoms with Crippen molar-refractivity contribution < 1.29 is 9.90 Å². The number of hydrogen-bond donors (Lipinski definition) is 2. The van der Waals surface area contributed by atoms with Crippen molar-refractivity contribution in [3.05, 3.63) is 0 Å². The summed E-state index contributed by atoms with van der Waals surface area (Å²) in [4.78, 5) is 10.2. The van der Waals surface area contributed by atoms with Gasteiger partial charge in [-0.2, -0.15) is 0 Å². The number of carbonyl (C=O) groups is 1. The molecule has 0 aliphatic heterocycles. The molecule has 0 aromatic rings. The fourth-order valence-corrected chi connectivity index (χ4v) is 1.81. The smallest absolute Gasteiger partial charge is 0.303 e. The predicted octanol–water partition coefficient (Wildman–Crippen LogP) is 2.02. The molecule has 1 rings (SSSR count). The van der Waals surface area contributed by atoms with Crippen LogP contribution in [0.3, 0.4) is 0 Å². The Balaban J connectivity index is 1.79. The highest BCUT2D eigenvalue weighted by Crippen LogP contribution is 2.32. The molecule has 0 aromatic carbocycles. The van der Waals surface area contributed by atoms with E-state index in [4.69, 9.17) is 5.11 Å². The molecule has 1 aliphatic carbocycles. The van der Waals surface area contributed by atoms with Crippen LogP contribution >= 0.6 is 0 Å². The van der Waals surface area contributed by atoms with E-state index in [0.29, 0.717) is 6.42 Å². The highest BCUT2D eigenvalue weighted by Gasteiger charge is 2.34. The molecule has 1 aliphatic rings. The van der Waals surface area contributed by atoms with Gasteiger partial charge in [-0.1, -0.05) is 19.8 Å². The molecule has 3 heteroatoms. The minimum atomic E-state index is -0.675. The number of aliphatic carboxylic acids is 1. The molecule has 1 saturated carbocycles. The van der Waals surface area contributed by atoms with Crippen molar-refractivity contribution in [2.24, 2.45) is 5.92 Å². The van der Waals surface area contributed by atoms with Gasteiger partial charge in [0.25, 0.3) is 0 Å². The third kappa shape index (κ3) is 4.61. The Morgan fingerprint density at radius 2 is 2.21 bits per heavy atom. The zero-order valence-electron chi connectivity index (χ0n) is 8.96. The summed E-state index contributed by atoms with van der Waals surface area (Å²) in [5, 5.41) is 11.9. The zero-order chi connectivity index (χ0) is 10.4. The van der Waals surface area contributed by atoms with Crippen molar-refractivity contribution in [3.8, 4) is 0 Å². The molecule has 3 nitrogen and oxygen atoms in total. The third-order valence-corrected chi connectivity index (χ3v) is 2.92. The van der Waals surface area contributed by atoms with Gasteiger partial charge in [0.15, 0.2) is 0 Å². The molecule has 2 N–H and O–H groups in total. The lowest BCUT2D eigenvalue weighted by Crippen LogP contribution is -2.19. The molecule has 0 aromatic heterocycles. The van der Waals surface area contributed by atoms with Crippen LogP contribution in [0.1, 0.15) is 45.4 Å². The van der Waals surface area contributed by atoms with Crippen LogP contribution in [-0.4, -0.2) is 23.7 Å². The van der Waals surface area contributed by atoms with Crippen LogP contribution in [0.5, 0.6) is 0 Å². The zero-order valence-corrected chi connectivity index (χ0v) is 8.96. The SMILES string of the molecule is CCC1CC1NCCCCCC(=O)O. The lowest BCUT2D eigenvalue weighted by atomic mass is 10.2. The highest BCUT2D eigenvalue weighted by atomic mass is 16.4. The van der Waals surface area contributed by atoms with Crippen LogP contribution in [-0.2, 0) is 4.79 Å². The molecule has 1 fully saturated rings. The molecule has 0 heterocycles. The first-order valence-corrected chi connectivity index (χ1v) is 5.69. The first-order chi connectivity index (χ1) is 6.74. The number of rotatable bonds is 8. The van der Waals surface area contributed by atoms with E-state index in [1.165, 1.54) is 12.8 Å².